The summed E-state index contributed by atoms with van der Waals surface area (Å²) in [7, 11) is 0. The van der Waals surface area contributed by atoms with Gasteiger partial charge in [-0.2, -0.15) is 0 Å². The predicted octanol–water partition coefficient (Wildman–Crippen LogP) is 2.72. The van der Waals surface area contributed by atoms with Crippen LogP contribution in [-0.4, -0.2) is 11.1 Å². The van der Waals surface area contributed by atoms with Gasteiger partial charge in [0.25, 0.3) is 0 Å². The van der Waals surface area contributed by atoms with E-state index < -0.39 is 17.6 Å². The lowest BCUT2D eigenvalue weighted by molar-refractivity contribution is -0.131. The van der Waals surface area contributed by atoms with Gasteiger partial charge in [-0.3, -0.25) is 0 Å². The molecule has 0 saturated heterocycles. The first-order chi connectivity index (χ1) is 6.50. The lowest BCUT2D eigenvalue weighted by Gasteiger charge is -1.98. The highest BCUT2D eigenvalue weighted by Crippen LogP contribution is 2.20. The minimum absolute atomic E-state index is 0.0706. The first kappa shape index (κ1) is 10.7. The van der Waals surface area contributed by atoms with E-state index in [2.05, 4.69) is 0 Å². The molecule has 0 radical (unpaired) electrons. The van der Waals surface area contributed by atoms with Crippen LogP contribution in [0.25, 0.3) is 6.08 Å². The molecule has 0 heterocycles. The molecule has 1 rings (SSSR count). The molecule has 14 heavy (non-hydrogen) atoms. The number of carbonyl (C=O) groups is 1. The van der Waals surface area contributed by atoms with Crippen LogP contribution in [0, 0.1) is 11.6 Å². The summed E-state index contributed by atoms with van der Waals surface area (Å²) in [5.41, 5.74) is -0.0706. The van der Waals surface area contributed by atoms with Crippen LogP contribution in [0.1, 0.15) is 5.56 Å². The van der Waals surface area contributed by atoms with E-state index in [1.165, 1.54) is 0 Å². The first-order valence-corrected chi connectivity index (χ1v) is 3.94. The van der Waals surface area contributed by atoms with Gasteiger partial charge in [0.05, 0.1) is 5.02 Å². The fourth-order valence-corrected chi connectivity index (χ4v) is 0.999. The largest absolute Gasteiger partial charge is 0.478 e. The van der Waals surface area contributed by atoms with Crippen molar-refractivity contribution in [3.63, 3.8) is 0 Å². The van der Waals surface area contributed by atoms with Gasteiger partial charge in [-0.05, 0) is 12.1 Å². The summed E-state index contributed by atoms with van der Waals surface area (Å²) in [5, 5.41) is 8.02. The van der Waals surface area contributed by atoms with Crippen LogP contribution in [0.2, 0.25) is 5.02 Å². The fourth-order valence-electron chi connectivity index (χ4n) is 0.827. The van der Waals surface area contributed by atoms with Gasteiger partial charge in [-0.25, -0.2) is 13.6 Å². The molecule has 5 heteroatoms. The SMILES string of the molecule is O=C(O)/C=C/c1cc(Cl)c(F)cc1F. The molecule has 74 valence electrons. The number of carboxylic acid groups (broad SMARTS) is 1. The van der Waals surface area contributed by atoms with Gasteiger partial charge < -0.3 is 5.11 Å². The van der Waals surface area contributed by atoms with Gasteiger partial charge in [0.2, 0.25) is 0 Å². The smallest absolute Gasteiger partial charge is 0.328 e. The minimum atomic E-state index is -1.22. The molecule has 0 aromatic heterocycles. The zero-order chi connectivity index (χ0) is 10.7. The van der Waals surface area contributed by atoms with Crippen molar-refractivity contribution in [3.05, 3.63) is 40.4 Å². The second-order valence-electron chi connectivity index (χ2n) is 2.46. The van der Waals surface area contributed by atoms with Crippen LogP contribution < -0.4 is 0 Å². The van der Waals surface area contributed by atoms with E-state index in [1.807, 2.05) is 0 Å². The fraction of sp³-hybridized carbons (Fsp3) is 0. The Kier molecular flexibility index (Phi) is 3.19. The van der Waals surface area contributed by atoms with Crippen LogP contribution in [-0.2, 0) is 4.79 Å². The van der Waals surface area contributed by atoms with E-state index in [-0.39, 0.29) is 10.6 Å². The monoisotopic (exact) mass is 218 g/mol. The third kappa shape index (κ3) is 2.53. The summed E-state index contributed by atoms with van der Waals surface area (Å²) in [6.07, 6.45) is 1.75. The number of rotatable bonds is 2. The molecule has 0 aliphatic heterocycles. The normalized spacial score (nSPS) is 10.8. The average Bonchev–Trinajstić information content (AvgIpc) is 2.09. The lowest BCUT2D eigenvalue weighted by Crippen LogP contribution is -1.89. The van der Waals surface area contributed by atoms with Crippen molar-refractivity contribution < 1.29 is 18.7 Å². The third-order valence-corrected chi connectivity index (χ3v) is 1.73. The highest BCUT2D eigenvalue weighted by molar-refractivity contribution is 6.30. The van der Waals surface area contributed by atoms with Gasteiger partial charge in [0.1, 0.15) is 11.6 Å². The van der Waals surface area contributed by atoms with E-state index in [0.29, 0.717) is 6.07 Å². The summed E-state index contributed by atoms with van der Waals surface area (Å²) in [5.74, 6) is -2.95. The van der Waals surface area contributed by atoms with Crippen molar-refractivity contribution in [2.75, 3.05) is 0 Å². The number of aliphatic carboxylic acids is 1. The molecular weight excluding hydrogens is 214 g/mol. The van der Waals surface area contributed by atoms with Crippen LogP contribution in [0.4, 0.5) is 8.78 Å². The molecule has 0 spiro atoms. The van der Waals surface area contributed by atoms with E-state index in [9.17, 15) is 13.6 Å². The molecule has 1 aromatic rings. The van der Waals surface area contributed by atoms with Gasteiger partial charge in [0.15, 0.2) is 0 Å². The maximum atomic E-state index is 12.9. The maximum absolute atomic E-state index is 12.9. The zero-order valence-electron chi connectivity index (χ0n) is 6.80. The number of carboxylic acids is 1. The zero-order valence-corrected chi connectivity index (χ0v) is 7.55. The van der Waals surface area contributed by atoms with Gasteiger partial charge in [-0.15, -0.1) is 0 Å². The lowest BCUT2D eigenvalue weighted by atomic mass is 10.2. The van der Waals surface area contributed by atoms with Crippen molar-refractivity contribution in [1.29, 1.82) is 0 Å². The molecule has 0 atom stereocenters. The van der Waals surface area contributed by atoms with Crippen LogP contribution in [0.3, 0.4) is 0 Å². The number of halogens is 3. The van der Waals surface area contributed by atoms with Crippen molar-refractivity contribution in [2.45, 2.75) is 0 Å². The average molecular weight is 219 g/mol. The van der Waals surface area contributed by atoms with Gasteiger partial charge in [-0.1, -0.05) is 11.6 Å². The Morgan fingerprint density at radius 2 is 2.00 bits per heavy atom. The van der Waals surface area contributed by atoms with E-state index in [1.54, 1.807) is 0 Å². The Labute approximate surface area is 83.4 Å². The Hall–Kier alpha value is -1.42. The molecule has 0 unspecified atom stereocenters. The Bertz CT molecular complexity index is 402. The molecule has 0 aliphatic rings. The first-order valence-electron chi connectivity index (χ1n) is 3.56. The molecule has 0 fully saturated rings. The van der Waals surface area contributed by atoms with Crippen LogP contribution in [0.5, 0.6) is 0 Å². The maximum Gasteiger partial charge on any atom is 0.328 e. The highest BCUT2D eigenvalue weighted by atomic mass is 35.5. The van der Waals surface area contributed by atoms with Crippen molar-refractivity contribution in [1.82, 2.24) is 0 Å². The number of hydrogen-bond donors (Lipinski definition) is 1. The van der Waals surface area contributed by atoms with Crippen LogP contribution >= 0.6 is 11.6 Å². The second-order valence-corrected chi connectivity index (χ2v) is 2.87. The molecule has 0 amide bonds. The predicted molar refractivity (Wildman–Crippen MR) is 48.0 cm³/mol. The van der Waals surface area contributed by atoms with Crippen LogP contribution in [0.15, 0.2) is 18.2 Å². The molecule has 1 aromatic carbocycles. The Balaban J connectivity index is 3.10. The molecule has 0 saturated carbocycles. The summed E-state index contributed by atoms with van der Waals surface area (Å²) in [6.45, 7) is 0. The summed E-state index contributed by atoms with van der Waals surface area (Å²) >= 11 is 5.38. The summed E-state index contributed by atoms with van der Waals surface area (Å²) in [6, 6.07) is 1.62. The molecule has 0 bridgehead atoms. The summed E-state index contributed by atoms with van der Waals surface area (Å²) < 4.78 is 25.6. The van der Waals surface area contributed by atoms with Gasteiger partial charge in [0, 0.05) is 17.7 Å². The van der Waals surface area contributed by atoms with E-state index in [4.69, 9.17) is 16.7 Å². The quantitative estimate of drug-likeness (QED) is 0.612. The topological polar surface area (TPSA) is 37.3 Å². The highest BCUT2D eigenvalue weighted by Gasteiger charge is 2.06. The molecule has 1 N–H and O–H groups in total. The standard InChI is InChI=1S/C9H5ClF2O2/c10-6-3-5(1-2-9(13)14)7(11)4-8(6)12/h1-4H,(H,13,14)/b2-1+. The van der Waals surface area contributed by atoms with Gasteiger partial charge >= 0.3 is 5.97 Å². The van der Waals surface area contributed by atoms with Crippen molar-refractivity contribution >= 4 is 23.6 Å². The van der Waals surface area contributed by atoms with Crippen molar-refractivity contribution in [3.8, 4) is 0 Å². The summed E-state index contributed by atoms with van der Waals surface area (Å²) in [4.78, 5) is 10.1. The Morgan fingerprint density at radius 3 is 2.57 bits per heavy atom. The van der Waals surface area contributed by atoms with E-state index in [0.717, 1.165) is 18.2 Å². The third-order valence-electron chi connectivity index (χ3n) is 1.45. The Morgan fingerprint density at radius 1 is 1.36 bits per heavy atom. The van der Waals surface area contributed by atoms with E-state index >= 15 is 0 Å². The molecule has 0 aliphatic carbocycles. The minimum Gasteiger partial charge on any atom is -0.478 e. The number of hydrogen-bond acceptors (Lipinski definition) is 1. The molecular formula is C9H5ClF2O2. The van der Waals surface area contributed by atoms with Crippen molar-refractivity contribution in [2.24, 2.45) is 0 Å². The molecule has 2 nitrogen and oxygen atoms in total. The number of benzene rings is 1. The second kappa shape index (κ2) is 4.19.